The third-order valence-electron chi connectivity index (χ3n) is 2.11. The molecule has 0 aromatic heterocycles. The maximum Gasteiger partial charge on any atom is 0.155 e. The molecule has 0 aliphatic heterocycles. The van der Waals surface area contributed by atoms with Gasteiger partial charge in [0.25, 0.3) is 0 Å². The molecule has 0 fully saturated rings. The van der Waals surface area contributed by atoms with Gasteiger partial charge in [-0.1, -0.05) is 0 Å². The fourth-order valence-electron chi connectivity index (χ4n) is 1.14. The summed E-state index contributed by atoms with van der Waals surface area (Å²) in [6.45, 7) is 1.10. The Morgan fingerprint density at radius 3 is 2.14 bits per heavy atom. The molecule has 3 N–H and O–H groups in total. The number of aliphatic hydroxyl groups is 3. The lowest BCUT2D eigenvalue weighted by atomic mass is 10.00. The first kappa shape index (κ1) is 13.8. The fraction of sp³-hybridized carbons (Fsp3) is 1.00. The molecule has 0 aromatic carbocycles. The minimum Gasteiger partial charge on any atom is -0.396 e. The lowest BCUT2D eigenvalue weighted by molar-refractivity contribution is -0.218. The van der Waals surface area contributed by atoms with Crippen LogP contribution in [0.1, 0.15) is 19.8 Å². The van der Waals surface area contributed by atoms with Gasteiger partial charge in [-0.25, -0.2) is 0 Å². The second-order valence-electron chi connectivity index (χ2n) is 3.25. The molecule has 0 amide bonds. The first-order chi connectivity index (χ1) is 6.64. The summed E-state index contributed by atoms with van der Waals surface area (Å²) >= 11 is 0. The predicted molar refractivity (Wildman–Crippen MR) is 50.8 cm³/mol. The lowest BCUT2D eigenvalue weighted by Crippen LogP contribution is -2.44. The zero-order valence-electron chi connectivity index (χ0n) is 8.77. The van der Waals surface area contributed by atoms with E-state index in [4.69, 9.17) is 24.8 Å². The van der Waals surface area contributed by atoms with E-state index in [1.807, 2.05) is 0 Å². The minimum absolute atomic E-state index is 0.00642. The fourth-order valence-corrected chi connectivity index (χ4v) is 1.14. The Bertz CT molecular complexity index is 135. The average molecular weight is 208 g/mol. The topological polar surface area (TPSA) is 79.2 Å². The zero-order chi connectivity index (χ0) is 11.0. The monoisotopic (exact) mass is 208 g/mol. The lowest BCUT2D eigenvalue weighted by Gasteiger charge is -2.32. The molecule has 5 nitrogen and oxygen atoms in total. The summed E-state index contributed by atoms with van der Waals surface area (Å²) in [5.74, 6) is 0. The molecule has 5 heteroatoms. The van der Waals surface area contributed by atoms with Gasteiger partial charge in [0.15, 0.2) is 6.29 Å². The van der Waals surface area contributed by atoms with Crippen molar-refractivity contribution in [1.82, 2.24) is 0 Å². The van der Waals surface area contributed by atoms with Gasteiger partial charge in [0.05, 0.1) is 13.2 Å². The minimum atomic E-state index is -1.02. The van der Waals surface area contributed by atoms with E-state index in [9.17, 15) is 0 Å². The van der Waals surface area contributed by atoms with E-state index in [-0.39, 0.29) is 19.8 Å². The molecule has 0 bridgehead atoms. The third kappa shape index (κ3) is 4.34. The summed E-state index contributed by atoms with van der Waals surface area (Å²) in [4.78, 5) is 0. The smallest absolute Gasteiger partial charge is 0.155 e. The van der Waals surface area contributed by atoms with E-state index in [1.165, 1.54) is 7.11 Å². The Morgan fingerprint density at radius 1 is 1.21 bits per heavy atom. The third-order valence-corrected chi connectivity index (χ3v) is 2.11. The summed E-state index contributed by atoms with van der Waals surface area (Å²) < 4.78 is 10.2. The van der Waals surface area contributed by atoms with Gasteiger partial charge in [0, 0.05) is 13.7 Å². The van der Waals surface area contributed by atoms with Crippen LogP contribution >= 0.6 is 0 Å². The predicted octanol–water partition coefficient (Wildman–Crippen LogP) is -0.509. The van der Waals surface area contributed by atoms with Crippen molar-refractivity contribution >= 4 is 0 Å². The number of rotatable bonds is 8. The van der Waals surface area contributed by atoms with Gasteiger partial charge in [0.2, 0.25) is 0 Å². The molecule has 0 saturated heterocycles. The summed E-state index contributed by atoms with van der Waals surface area (Å²) in [5.41, 5.74) is -1.02. The molecule has 0 aliphatic rings. The van der Waals surface area contributed by atoms with E-state index in [0.717, 1.165) is 0 Å². The standard InChI is InChI=1S/C9H20O5/c1-8(13-2)14-9(6-11,7-12)4-3-5-10/h8,10-12H,3-7H2,1-2H3. The van der Waals surface area contributed by atoms with Crippen molar-refractivity contribution in [2.45, 2.75) is 31.7 Å². The van der Waals surface area contributed by atoms with Gasteiger partial charge in [-0.05, 0) is 19.8 Å². The van der Waals surface area contributed by atoms with Gasteiger partial charge in [-0.2, -0.15) is 0 Å². The zero-order valence-corrected chi connectivity index (χ0v) is 8.77. The summed E-state index contributed by atoms with van der Waals surface area (Å²) in [7, 11) is 1.48. The molecule has 0 heterocycles. The number of methoxy groups -OCH3 is 1. The Kier molecular flexibility index (Phi) is 7.04. The second kappa shape index (κ2) is 7.14. The highest BCUT2D eigenvalue weighted by molar-refractivity contribution is 4.79. The highest BCUT2D eigenvalue weighted by Gasteiger charge is 2.31. The van der Waals surface area contributed by atoms with Crippen molar-refractivity contribution in [2.24, 2.45) is 0 Å². The Balaban J connectivity index is 4.20. The maximum atomic E-state index is 9.13. The maximum absolute atomic E-state index is 9.13. The molecule has 0 saturated carbocycles. The van der Waals surface area contributed by atoms with Crippen LogP contribution in [0.4, 0.5) is 0 Å². The number of hydrogen-bond acceptors (Lipinski definition) is 5. The summed E-state index contributed by atoms with van der Waals surface area (Å²) in [6, 6.07) is 0. The van der Waals surface area contributed by atoms with Crippen molar-refractivity contribution in [3.05, 3.63) is 0 Å². The molecular weight excluding hydrogens is 188 g/mol. The van der Waals surface area contributed by atoms with E-state index in [2.05, 4.69) is 0 Å². The quantitative estimate of drug-likeness (QED) is 0.468. The van der Waals surface area contributed by atoms with Crippen molar-refractivity contribution < 1.29 is 24.8 Å². The highest BCUT2D eigenvalue weighted by Crippen LogP contribution is 2.19. The number of aliphatic hydroxyl groups excluding tert-OH is 3. The SMILES string of the molecule is COC(C)OC(CO)(CO)CCCO. The second-order valence-corrected chi connectivity index (χ2v) is 3.25. The normalized spacial score (nSPS) is 14.4. The van der Waals surface area contributed by atoms with E-state index < -0.39 is 11.9 Å². The molecule has 14 heavy (non-hydrogen) atoms. The molecular formula is C9H20O5. The summed E-state index contributed by atoms with van der Waals surface area (Å²) in [6.07, 6.45) is 0.370. The average Bonchev–Trinajstić information content (AvgIpc) is 2.24. The van der Waals surface area contributed by atoms with Crippen molar-refractivity contribution in [1.29, 1.82) is 0 Å². The first-order valence-corrected chi connectivity index (χ1v) is 4.67. The van der Waals surface area contributed by atoms with Gasteiger partial charge < -0.3 is 24.8 Å². The van der Waals surface area contributed by atoms with E-state index in [0.29, 0.717) is 12.8 Å². The van der Waals surface area contributed by atoms with Gasteiger partial charge >= 0.3 is 0 Å². The van der Waals surface area contributed by atoms with Crippen LogP contribution in [0.15, 0.2) is 0 Å². The van der Waals surface area contributed by atoms with E-state index >= 15 is 0 Å². The van der Waals surface area contributed by atoms with Crippen LogP contribution in [0.3, 0.4) is 0 Å². The van der Waals surface area contributed by atoms with Crippen molar-refractivity contribution in [3.63, 3.8) is 0 Å². The van der Waals surface area contributed by atoms with Crippen LogP contribution in [0, 0.1) is 0 Å². The van der Waals surface area contributed by atoms with Crippen molar-refractivity contribution in [3.8, 4) is 0 Å². The first-order valence-electron chi connectivity index (χ1n) is 4.67. The Morgan fingerprint density at radius 2 is 1.79 bits per heavy atom. The molecule has 0 aromatic rings. The van der Waals surface area contributed by atoms with Gasteiger partial charge in [-0.3, -0.25) is 0 Å². The highest BCUT2D eigenvalue weighted by atomic mass is 16.7. The van der Waals surface area contributed by atoms with Crippen LogP contribution in [0.5, 0.6) is 0 Å². The Labute approximate surface area is 84.3 Å². The molecule has 1 unspecified atom stereocenters. The molecule has 0 rings (SSSR count). The van der Waals surface area contributed by atoms with Gasteiger partial charge in [-0.15, -0.1) is 0 Å². The number of ether oxygens (including phenoxy) is 2. The van der Waals surface area contributed by atoms with Crippen LogP contribution in [-0.2, 0) is 9.47 Å². The summed E-state index contributed by atoms with van der Waals surface area (Å²) in [5, 5.41) is 26.9. The van der Waals surface area contributed by atoms with Gasteiger partial charge in [0.1, 0.15) is 5.60 Å². The largest absolute Gasteiger partial charge is 0.396 e. The molecule has 0 spiro atoms. The van der Waals surface area contributed by atoms with E-state index in [1.54, 1.807) is 6.92 Å². The molecule has 86 valence electrons. The van der Waals surface area contributed by atoms with Crippen LogP contribution < -0.4 is 0 Å². The number of hydrogen-bond donors (Lipinski definition) is 3. The Hall–Kier alpha value is -0.200. The molecule has 0 radical (unpaired) electrons. The van der Waals surface area contributed by atoms with Crippen LogP contribution in [0.25, 0.3) is 0 Å². The van der Waals surface area contributed by atoms with Crippen LogP contribution in [-0.4, -0.2) is 54.1 Å². The molecule has 1 atom stereocenters. The molecule has 0 aliphatic carbocycles. The van der Waals surface area contributed by atoms with Crippen LogP contribution in [0.2, 0.25) is 0 Å². The van der Waals surface area contributed by atoms with Crippen molar-refractivity contribution in [2.75, 3.05) is 26.9 Å².